The second kappa shape index (κ2) is 7.34. The average molecular weight is 372 g/mol. The van der Waals surface area contributed by atoms with Gasteiger partial charge in [0.05, 0.1) is 17.7 Å². The van der Waals surface area contributed by atoms with Gasteiger partial charge in [-0.25, -0.2) is 0 Å². The minimum Gasteiger partial charge on any atom is -0.464 e. The number of para-hydroxylation sites is 1. The Balaban J connectivity index is 1.94. The molecule has 2 N–H and O–H groups in total. The quantitative estimate of drug-likeness (QED) is 0.554. The Labute approximate surface area is 162 Å². The van der Waals surface area contributed by atoms with Crippen molar-refractivity contribution in [1.29, 1.82) is 0 Å². The number of esters is 1. The van der Waals surface area contributed by atoms with E-state index in [0.29, 0.717) is 24.0 Å². The van der Waals surface area contributed by atoms with Crippen molar-refractivity contribution in [3.05, 3.63) is 76.2 Å². The molecular formula is C23H20N2O3. The Morgan fingerprint density at radius 3 is 2.61 bits per heavy atom. The highest BCUT2D eigenvalue weighted by Gasteiger charge is 2.21. The van der Waals surface area contributed by atoms with E-state index >= 15 is 0 Å². The minimum absolute atomic E-state index is 0.137. The van der Waals surface area contributed by atoms with E-state index in [0.717, 1.165) is 16.8 Å². The molecule has 0 spiro atoms. The summed E-state index contributed by atoms with van der Waals surface area (Å²) in [4.78, 5) is 24.8. The number of rotatable bonds is 2. The highest BCUT2D eigenvalue weighted by Crippen LogP contribution is 2.22. The first-order valence-electron chi connectivity index (χ1n) is 9.21. The smallest absolute Gasteiger partial charge is 0.307 e. The SMILES string of the molecule is CC(N)c1cc2cccc(C#CC3COC(=O)C3)c2c(=O)n1-c1ccccc1. The van der Waals surface area contributed by atoms with Crippen molar-refractivity contribution in [2.24, 2.45) is 11.7 Å². The minimum atomic E-state index is -0.311. The third kappa shape index (κ3) is 3.30. The summed E-state index contributed by atoms with van der Waals surface area (Å²) in [5.41, 5.74) is 8.16. The van der Waals surface area contributed by atoms with E-state index in [4.69, 9.17) is 10.5 Å². The van der Waals surface area contributed by atoms with Gasteiger partial charge in [-0.2, -0.15) is 0 Å². The van der Waals surface area contributed by atoms with Crippen LogP contribution in [0, 0.1) is 17.8 Å². The number of aromatic nitrogens is 1. The lowest BCUT2D eigenvalue weighted by molar-refractivity contribution is -0.137. The number of hydrogen-bond donors (Lipinski definition) is 1. The van der Waals surface area contributed by atoms with Crippen LogP contribution in [-0.2, 0) is 9.53 Å². The van der Waals surface area contributed by atoms with Gasteiger partial charge in [-0.1, -0.05) is 42.2 Å². The summed E-state index contributed by atoms with van der Waals surface area (Å²) in [5, 5.41) is 1.35. The number of benzene rings is 2. The largest absolute Gasteiger partial charge is 0.464 e. The fraction of sp³-hybridized carbons (Fsp3) is 0.217. The number of hydrogen-bond acceptors (Lipinski definition) is 4. The number of ether oxygens (including phenoxy) is 1. The Hall–Kier alpha value is -3.36. The van der Waals surface area contributed by atoms with Crippen LogP contribution in [0.5, 0.6) is 0 Å². The maximum absolute atomic E-state index is 13.5. The van der Waals surface area contributed by atoms with Crippen molar-refractivity contribution in [2.75, 3.05) is 6.61 Å². The van der Waals surface area contributed by atoms with Crippen molar-refractivity contribution >= 4 is 16.7 Å². The molecule has 1 aliphatic heterocycles. The first kappa shape index (κ1) is 18.0. The van der Waals surface area contributed by atoms with Gasteiger partial charge in [0.2, 0.25) is 0 Å². The Morgan fingerprint density at radius 2 is 1.93 bits per heavy atom. The van der Waals surface area contributed by atoms with Crippen LogP contribution >= 0.6 is 0 Å². The zero-order valence-corrected chi connectivity index (χ0v) is 15.5. The van der Waals surface area contributed by atoms with Crippen LogP contribution in [0.2, 0.25) is 0 Å². The normalized spacial score (nSPS) is 17.1. The Bertz CT molecular complexity index is 1170. The van der Waals surface area contributed by atoms with Gasteiger partial charge in [0.1, 0.15) is 6.61 Å². The van der Waals surface area contributed by atoms with Gasteiger partial charge in [-0.3, -0.25) is 14.2 Å². The van der Waals surface area contributed by atoms with Crippen molar-refractivity contribution in [3.63, 3.8) is 0 Å². The van der Waals surface area contributed by atoms with Gasteiger partial charge in [-0.05, 0) is 36.6 Å². The highest BCUT2D eigenvalue weighted by molar-refractivity contribution is 5.88. The van der Waals surface area contributed by atoms with E-state index in [2.05, 4.69) is 11.8 Å². The maximum Gasteiger partial charge on any atom is 0.307 e. The monoisotopic (exact) mass is 372 g/mol. The maximum atomic E-state index is 13.5. The summed E-state index contributed by atoms with van der Waals surface area (Å²) in [6.45, 7) is 2.17. The fourth-order valence-corrected chi connectivity index (χ4v) is 3.45. The van der Waals surface area contributed by atoms with E-state index in [9.17, 15) is 9.59 Å². The molecule has 2 atom stereocenters. The number of nitrogens with zero attached hydrogens (tertiary/aromatic N) is 1. The predicted molar refractivity (Wildman–Crippen MR) is 108 cm³/mol. The summed E-state index contributed by atoms with van der Waals surface area (Å²) < 4.78 is 6.62. The molecule has 0 amide bonds. The number of fused-ring (bicyclic) bond motifs is 1. The molecule has 0 bridgehead atoms. The summed E-state index contributed by atoms with van der Waals surface area (Å²) in [7, 11) is 0. The first-order valence-corrected chi connectivity index (χ1v) is 9.21. The number of pyridine rings is 1. The molecule has 3 aromatic rings. The molecule has 4 rings (SSSR count). The molecule has 2 heterocycles. The molecule has 1 aliphatic rings. The second-order valence-electron chi connectivity index (χ2n) is 6.96. The highest BCUT2D eigenvalue weighted by atomic mass is 16.5. The third-order valence-corrected chi connectivity index (χ3v) is 4.83. The van der Waals surface area contributed by atoms with E-state index < -0.39 is 0 Å². The van der Waals surface area contributed by atoms with Crippen molar-refractivity contribution in [3.8, 4) is 17.5 Å². The molecular weight excluding hydrogens is 352 g/mol. The van der Waals surface area contributed by atoms with E-state index in [1.807, 2.05) is 61.5 Å². The van der Waals surface area contributed by atoms with Crippen LogP contribution in [0.1, 0.15) is 30.6 Å². The molecule has 5 nitrogen and oxygen atoms in total. The van der Waals surface area contributed by atoms with Gasteiger partial charge in [0.25, 0.3) is 5.56 Å². The Kier molecular flexibility index (Phi) is 4.72. The van der Waals surface area contributed by atoms with E-state index in [1.54, 1.807) is 4.57 Å². The van der Waals surface area contributed by atoms with Gasteiger partial charge in [0, 0.05) is 23.0 Å². The molecule has 1 aromatic heterocycles. The molecule has 0 aliphatic carbocycles. The molecule has 2 aromatic carbocycles. The number of carbonyl (C=O) groups is 1. The summed E-state index contributed by atoms with van der Waals surface area (Å²) in [6.07, 6.45) is 0.293. The van der Waals surface area contributed by atoms with Crippen molar-refractivity contribution in [2.45, 2.75) is 19.4 Å². The van der Waals surface area contributed by atoms with Gasteiger partial charge >= 0.3 is 5.97 Å². The van der Waals surface area contributed by atoms with Crippen LogP contribution in [0.4, 0.5) is 0 Å². The lowest BCUT2D eigenvalue weighted by atomic mass is 10.0. The molecule has 28 heavy (non-hydrogen) atoms. The molecule has 0 saturated carbocycles. The van der Waals surface area contributed by atoms with E-state index in [1.165, 1.54) is 0 Å². The number of cyclic esters (lactones) is 1. The predicted octanol–water partition coefficient (Wildman–Crippen LogP) is 2.93. The third-order valence-electron chi connectivity index (χ3n) is 4.83. The van der Waals surface area contributed by atoms with Crippen LogP contribution < -0.4 is 11.3 Å². The standard InChI is InChI=1S/C23H20N2O3/c1-15(24)20-13-18-7-5-6-17(11-10-16-12-21(26)28-14-16)22(18)23(27)25(20)19-8-3-2-4-9-19/h2-9,13,15-16H,12,14,24H2,1H3. The topological polar surface area (TPSA) is 74.3 Å². The Morgan fingerprint density at radius 1 is 1.14 bits per heavy atom. The molecule has 1 fully saturated rings. The second-order valence-corrected chi connectivity index (χ2v) is 6.96. The summed E-state index contributed by atoms with van der Waals surface area (Å²) in [5.74, 6) is 5.80. The summed E-state index contributed by atoms with van der Waals surface area (Å²) >= 11 is 0. The summed E-state index contributed by atoms with van der Waals surface area (Å²) in [6, 6.07) is 16.7. The molecule has 140 valence electrons. The molecule has 5 heteroatoms. The van der Waals surface area contributed by atoms with Crippen LogP contribution in [-0.4, -0.2) is 17.1 Å². The van der Waals surface area contributed by atoms with Gasteiger partial charge in [-0.15, -0.1) is 0 Å². The zero-order valence-electron chi connectivity index (χ0n) is 15.5. The lowest BCUT2D eigenvalue weighted by Gasteiger charge is -2.17. The number of carbonyl (C=O) groups excluding carboxylic acids is 1. The van der Waals surface area contributed by atoms with Gasteiger partial charge in [0.15, 0.2) is 0 Å². The zero-order chi connectivity index (χ0) is 19.7. The molecule has 0 radical (unpaired) electrons. The average Bonchev–Trinajstić information content (AvgIpc) is 3.11. The first-order chi connectivity index (χ1) is 13.5. The van der Waals surface area contributed by atoms with Crippen molar-refractivity contribution < 1.29 is 9.53 Å². The number of nitrogens with two attached hydrogens (primary N) is 1. The molecule has 2 unspecified atom stereocenters. The fourth-order valence-electron chi connectivity index (χ4n) is 3.45. The van der Waals surface area contributed by atoms with Crippen LogP contribution in [0.15, 0.2) is 59.4 Å². The van der Waals surface area contributed by atoms with Gasteiger partial charge < -0.3 is 10.5 Å². The molecule has 1 saturated heterocycles. The lowest BCUT2D eigenvalue weighted by Crippen LogP contribution is -2.26. The van der Waals surface area contributed by atoms with E-state index in [-0.39, 0.29) is 23.5 Å². The van der Waals surface area contributed by atoms with Crippen molar-refractivity contribution in [1.82, 2.24) is 4.57 Å². The van der Waals surface area contributed by atoms with Crippen LogP contribution in [0.3, 0.4) is 0 Å². The van der Waals surface area contributed by atoms with Crippen LogP contribution in [0.25, 0.3) is 16.5 Å².